The van der Waals surface area contributed by atoms with E-state index < -0.39 is 4.92 Å². The monoisotopic (exact) mass is 232 g/mol. The molecule has 2 rings (SSSR count). The highest BCUT2D eigenvalue weighted by atomic mass is 16.6. The normalized spacial score (nSPS) is 10.5. The van der Waals surface area contributed by atoms with Gasteiger partial charge in [0.05, 0.1) is 17.5 Å². The van der Waals surface area contributed by atoms with Crippen molar-refractivity contribution < 1.29 is 9.66 Å². The Morgan fingerprint density at radius 2 is 2.06 bits per heavy atom. The zero-order chi connectivity index (χ0) is 12.6. The first-order valence-corrected chi connectivity index (χ1v) is 5.14. The number of nitrogens with zero attached hydrogens (tertiary/aromatic N) is 2. The van der Waals surface area contributed by atoms with Crippen LogP contribution in [-0.4, -0.2) is 17.0 Å². The molecule has 0 aliphatic rings. The first-order valence-electron chi connectivity index (χ1n) is 5.14. The van der Waals surface area contributed by atoms with E-state index in [1.807, 2.05) is 13.8 Å². The SMILES string of the molecule is COc1c(C)c(C)nc2ccc([N+](=O)[O-])cc12. The van der Waals surface area contributed by atoms with Crippen molar-refractivity contribution in [3.05, 3.63) is 39.6 Å². The molecule has 2 aromatic rings. The molecule has 0 N–H and O–H groups in total. The molecular weight excluding hydrogens is 220 g/mol. The van der Waals surface area contributed by atoms with Crippen molar-refractivity contribution in [3.63, 3.8) is 0 Å². The number of nitro groups is 1. The molecule has 0 saturated heterocycles. The van der Waals surface area contributed by atoms with Crippen molar-refractivity contribution in [1.29, 1.82) is 0 Å². The lowest BCUT2D eigenvalue weighted by Crippen LogP contribution is -1.96. The van der Waals surface area contributed by atoms with Crippen molar-refractivity contribution in [2.45, 2.75) is 13.8 Å². The molecule has 5 nitrogen and oxygen atoms in total. The highest BCUT2D eigenvalue weighted by molar-refractivity contribution is 5.88. The van der Waals surface area contributed by atoms with Gasteiger partial charge in [-0.2, -0.15) is 0 Å². The molecule has 0 atom stereocenters. The number of aryl methyl sites for hydroxylation is 1. The summed E-state index contributed by atoms with van der Waals surface area (Å²) in [5.41, 5.74) is 2.51. The number of hydrogen-bond acceptors (Lipinski definition) is 4. The second-order valence-corrected chi connectivity index (χ2v) is 3.81. The highest BCUT2D eigenvalue weighted by Crippen LogP contribution is 2.32. The maximum atomic E-state index is 10.7. The lowest BCUT2D eigenvalue weighted by molar-refractivity contribution is -0.384. The number of benzene rings is 1. The molecule has 0 bridgehead atoms. The number of methoxy groups -OCH3 is 1. The highest BCUT2D eigenvalue weighted by Gasteiger charge is 2.13. The van der Waals surface area contributed by atoms with E-state index >= 15 is 0 Å². The van der Waals surface area contributed by atoms with Gasteiger partial charge in [-0.1, -0.05) is 0 Å². The van der Waals surface area contributed by atoms with Crippen LogP contribution < -0.4 is 4.74 Å². The molecule has 0 aliphatic heterocycles. The number of ether oxygens (including phenoxy) is 1. The van der Waals surface area contributed by atoms with Gasteiger partial charge in [0, 0.05) is 28.8 Å². The summed E-state index contributed by atoms with van der Waals surface area (Å²) in [6.07, 6.45) is 0. The third-order valence-corrected chi connectivity index (χ3v) is 2.81. The van der Waals surface area contributed by atoms with Gasteiger partial charge in [0.2, 0.25) is 0 Å². The van der Waals surface area contributed by atoms with E-state index in [0.29, 0.717) is 16.7 Å². The molecule has 0 saturated carbocycles. The molecule has 0 spiro atoms. The van der Waals surface area contributed by atoms with Crippen molar-refractivity contribution >= 4 is 16.6 Å². The fraction of sp³-hybridized carbons (Fsp3) is 0.250. The Morgan fingerprint density at radius 1 is 1.35 bits per heavy atom. The van der Waals surface area contributed by atoms with Crippen molar-refractivity contribution in [2.24, 2.45) is 0 Å². The Balaban J connectivity index is 2.83. The van der Waals surface area contributed by atoms with Crippen LogP contribution in [0.2, 0.25) is 0 Å². The molecule has 17 heavy (non-hydrogen) atoms. The lowest BCUT2D eigenvalue weighted by atomic mass is 10.1. The molecule has 0 aliphatic carbocycles. The second-order valence-electron chi connectivity index (χ2n) is 3.81. The molecule has 1 aromatic carbocycles. The van der Waals surface area contributed by atoms with E-state index in [1.165, 1.54) is 12.1 Å². The first kappa shape index (κ1) is 11.3. The summed E-state index contributed by atoms with van der Waals surface area (Å²) in [5, 5.41) is 11.4. The Hall–Kier alpha value is -2.17. The van der Waals surface area contributed by atoms with E-state index in [2.05, 4.69) is 4.98 Å². The fourth-order valence-electron chi connectivity index (χ4n) is 1.81. The van der Waals surface area contributed by atoms with Gasteiger partial charge in [0.15, 0.2) is 0 Å². The van der Waals surface area contributed by atoms with Gasteiger partial charge in [-0.15, -0.1) is 0 Å². The van der Waals surface area contributed by atoms with E-state index in [1.54, 1.807) is 13.2 Å². The molecule has 5 heteroatoms. The largest absolute Gasteiger partial charge is 0.496 e. The van der Waals surface area contributed by atoms with Gasteiger partial charge < -0.3 is 4.74 Å². The lowest BCUT2D eigenvalue weighted by Gasteiger charge is -2.10. The van der Waals surface area contributed by atoms with Crippen LogP contribution in [0.4, 0.5) is 5.69 Å². The Morgan fingerprint density at radius 3 is 2.65 bits per heavy atom. The van der Waals surface area contributed by atoms with E-state index in [0.717, 1.165) is 11.3 Å². The number of fused-ring (bicyclic) bond motifs is 1. The molecule has 1 aromatic heterocycles. The van der Waals surface area contributed by atoms with Gasteiger partial charge >= 0.3 is 0 Å². The van der Waals surface area contributed by atoms with Crippen molar-refractivity contribution in [3.8, 4) is 5.75 Å². The van der Waals surface area contributed by atoms with Crippen LogP contribution in [0.3, 0.4) is 0 Å². The summed E-state index contributed by atoms with van der Waals surface area (Å²) in [4.78, 5) is 14.7. The van der Waals surface area contributed by atoms with Gasteiger partial charge in [-0.3, -0.25) is 15.1 Å². The minimum Gasteiger partial charge on any atom is -0.496 e. The van der Waals surface area contributed by atoms with Gasteiger partial charge in [0.25, 0.3) is 5.69 Å². The zero-order valence-electron chi connectivity index (χ0n) is 9.85. The Bertz CT molecular complexity index is 608. The topological polar surface area (TPSA) is 65.3 Å². The summed E-state index contributed by atoms with van der Waals surface area (Å²) in [7, 11) is 1.56. The maximum Gasteiger partial charge on any atom is 0.270 e. The smallest absolute Gasteiger partial charge is 0.270 e. The quantitative estimate of drug-likeness (QED) is 0.589. The average Bonchev–Trinajstić information content (AvgIpc) is 2.30. The van der Waals surface area contributed by atoms with Crippen LogP contribution in [0.5, 0.6) is 5.75 Å². The summed E-state index contributed by atoms with van der Waals surface area (Å²) < 4.78 is 5.31. The summed E-state index contributed by atoms with van der Waals surface area (Å²) in [5.74, 6) is 0.649. The van der Waals surface area contributed by atoms with Gasteiger partial charge in [-0.05, 0) is 19.9 Å². The number of nitro benzene ring substituents is 1. The van der Waals surface area contributed by atoms with Crippen LogP contribution in [-0.2, 0) is 0 Å². The van der Waals surface area contributed by atoms with Crippen molar-refractivity contribution in [2.75, 3.05) is 7.11 Å². The Kier molecular flexibility index (Phi) is 2.67. The number of aromatic nitrogens is 1. The fourth-order valence-corrected chi connectivity index (χ4v) is 1.81. The van der Waals surface area contributed by atoms with Crippen LogP contribution in [0.1, 0.15) is 11.3 Å². The van der Waals surface area contributed by atoms with Crippen molar-refractivity contribution in [1.82, 2.24) is 4.98 Å². The molecule has 88 valence electrons. The number of hydrogen-bond donors (Lipinski definition) is 0. The molecule has 0 radical (unpaired) electrons. The summed E-state index contributed by atoms with van der Waals surface area (Å²) >= 11 is 0. The van der Waals surface area contributed by atoms with Crippen LogP contribution >= 0.6 is 0 Å². The van der Waals surface area contributed by atoms with Crippen LogP contribution in [0.25, 0.3) is 10.9 Å². The molecule has 0 amide bonds. The predicted octanol–water partition coefficient (Wildman–Crippen LogP) is 2.77. The number of non-ortho nitro benzene ring substituents is 1. The average molecular weight is 232 g/mol. The zero-order valence-corrected chi connectivity index (χ0v) is 9.85. The third kappa shape index (κ3) is 1.80. The Labute approximate surface area is 98.2 Å². The minimum absolute atomic E-state index is 0.0425. The van der Waals surface area contributed by atoms with Gasteiger partial charge in [-0.25, -0.2) is 0 Å². The summed E-state index contributed by atoms with van der Waals surface area (Å²) in [6.45, 7) is 3.78. The predicted molar refractivity (Wildman–Crippen MR) is 64.4 cm³/mol. The summed E-state index contributed by atoms with van der Waals surface area (Å²) in [6, 6.07) is 4.58. The van der Waals surface area contributed by atoms with E-state index in [9.17, 15) is 10.1 Å². The number of rotatable bonds is 2. The molecular formula is C12H12N2O3. The first-order chi connectivity index (χ1) is 8.04. The molecule has 0 unspecified atom stereocenters. The van der Waals surface area contributed by atoms with Crippen LogP contribution in [0, 0.1) is 24.0 Å². The maximum absolute atomic E-state index is 10.7. The minimum atomic E-state index is -0.423. The molecule has 1 heterocycles. The van der Waals surface area contributed by atoms with E-state index in [4.69, 9.17) is 4.74 Å². The molecule has 0 fully saturated rings. The second kappa shape index (κ2) is 4.01. The third-order valence-electron chi connectivity index (χ3n) is 2.81. The van der Waals surface area contributed by atoms with Gasteiger partial charge in [0.1, 0.15) is 5.75 Å². The standard InChI is InChI=1S/C12H12N2O3/c1-7-8(2)13-11-5-4-9(14(15)16)6-10(11)12(7)17-3/h4-6H,1-3H3. The van der Waals surface area contributed by atoms with E-state index in [-0.39, 0.29) is 5.69 Å². The van der Waals surface area contributed by atoms with Crippen LogP contribution in [0.15, 0.2) is 18.2 Å². The number of pyridine rings is 1.